The van der Waals surface area contributed by atoms with Gasteiger partial charge in [-0.2, -0.15) is 5.10 Å². The van der Waals surface area contributed by atoms with E-state index >= 15 is 0 Å². The van der Waals surface area contributed by atoms with E-state index in [0.717, 1.165) is 24.2 Å². The van der Waals surface area contributed by atoms with Gasteiger partial charge in [-0.15, -0.1) is 0 Å². The molecule has 24 heavy (non-hydrogen) atoms. The Kier molecular flexibility index (Phi) is 6.12. The topological polar surface area (TPSA) is 59.8 Å². The first-order valence-electron chi connectivity index (χ1n) is 8.60. The molecule has 2 heterocycles. The normalized spacial score (nSPS) is 12.4. The number of aromatic nitrogens is 3. The highest BCUT2D eigenvalue weighted by Crippen LogP contribution is 2.17. The van der Waals surface area contributed by atoms with Crippen molar-refractivity contribution in [3.8, 4) is 0 Å². The van der Waals surface area contributed by atoms with E-state index in [4.69, 9.17) is 0 Å². The average Bonchev–Trinajstić information content (AvgIpc) is 2.79. The maximum atomic E-state index is 12.3. The van der Waals surface area contributed by atoms with Gasteiger partial charge in [0.1, 0.15) is 0 Å². The monoisotopic (exact) mass is 328 g/mol. The third kappa shape index (κ3) is 4.66. The highest BCUT2D eigenvalue weighted by atomic mass is 16.1. The Bertz CT molecular complexity index is 676. The number of aryl methyl sites for hydroxylation is 1. The van der Waals surface area contributed by atoms with Crippen molar-refractivity contribution in [3.05, 3.63) is 47.0 Å². The fraction of sp³-hybridized carbons (Fsp3) is 0.526. The van der Waals surface area contributed by atoms with Crippen LogP contribution in [-0.4, -0.2) is 20.7 Å². The summed E-state index contributed by atoms with van der Waals surface area (Å²) in [7, 11) is 0. The zero-order valence-corrected chi connectivity index (χ0v) is 15.3. The van der Waals surface area contributed by atoms with Crippen molar-refractivity contribution in [2.45, 2.75) is 60.0 Å². The minimum Gasteiger partial charge on any atom is -0.350 e. The van der Waals surface area contributed by atoms with Gasteiger partial charge in [-0.3, -0.25) is 14.5 Å². The lowest BCUT2D eigenvalue weighted by Crippen LogP contribution is -2.26. The first-order valence-corrected chi connectivity index (χ1v) is 8.60. The fourth-order valence-corrected chi connectivity index (χ4v) is 2.91. The summed E-state index contributed by atoms with van der Waals surface area (Å²) in [5.74, 6) is 0.620. The van der Waals surface area contributed by atoms with Gasteiger partial charge >= 0.3 is 0 Å². The third-order valence-electron chi connectivity index (χ3n) is 4.26. The quantitative estimate of drug-likeness (QED) is 0.848. The molecule has 0 aliphatic rings. The predicted molar refractivity (Wildman–Crippen MR) is 95.7 cm³/mol. The van der Waals surface area contributed by atoms with Gasteiger partial charge in [0.15, 0.2) is 0 Å². The molecule has 5 nitrogen and oxygen atoms in total. The molecule has 1 amide bonds. The van der Waals surface area contributed by atoms with Crippen LogP contribution in [0.3, 0.4) is 0 Å². The van der Waals surface area contributed by atoms with Gasteiger partial charge in [0.05, 0.1) is 11.7 Å². The summed E-state index contributed by atoms with van der Waals surface area (Å²) in [5, 5.41) is 7.67. The highest BCUT2D eigenvalue weighted by molar-refractivity contribution is 5.76. The maximum absolute atomic E-state index is 12.3. The van der Waals surface area contributed by atoms with Crippen LogP contribution >= 0.6 is 0 Å². The number of rotatable bonds is 7. The molecule has 2 aromatic rings. The van der Waals surface area contributed by atoms with Crippen LogP contribution in [0.4, 0.5) is 0 Å². The van der Waals surface area contributed by atoms with E-state index < -0.39 is 0 Å². The van der Waals surface area contributed by atoms with E-state index in [1.165, 1.54) is 11.3 Å². The van der Waals surface area contributed by atoms with Crippen LogP contribution < -0.4 is 5.32 Å². The van der Waals surface area contributed by atoms with Crippen molar-refractivity contribution in [1.29, 1.82) is 0 Å². The summed E-state index contributed by atoms with van der Waals surface area (Å²) < 4.78 is 2.06. The summed E-state index contributed by atoms with van der Waals surface area (Å²) in [6, 6.07) is 3.84. The van der Waals surface area contributed by atoms with Gasteiger partial charge in [0.2, 0.25) is 5.91 Å². The summed E-state index contributed by atoms with van der Waals surface area (Å²) in [6.07, 6.45) is 4.69. The second-order valence-electron chi connectivity index (χ2n) is 6.80. The number of nitrogens with one attached hydrogen (secondary N) is 1. The van der Waals surface area contributed by atoms with Crippen LogP contribution in [0.1, 0.15) is 55.7 Å². The lowest BCUT2D eigenvalue weighted by Gasteiger charge is -2.14. The lowest BCUT2D eigenvalue weighted by atomic mass is 10.1. The molecular weight excluding hydrogens is 300 g/mol. The van der Waals surface area contributed by atoms with Crippen molar-refractivity contribution < 1.29 is 4.79 Å². The van der Waals surface area contributed by atoms with E-state index in [1.807, 2.05) is 26.0 Å². The Hall–Kier alpha value is -2.17. The van der Waals surface area contributed by atoms with E-state index in [0.29, 0.717) is 12.3 Å². The van der Waals surface area contributed by atoms with Crippen LogP contribution in [0, 0.1) is 19.8 Å². The summed E-state index contributed by atoms with van der Waals surface area (Å²) in [5.41, 5.74) is 4.47. The lowest BCUT2D eigenvalue weighted by molar-refractivity contribution is -0.121. The predicted octanol–water partition coefficient (Wildman–Crippen LogP) is 3.36. The standard InChI is InChI=1S/C19H28N4O/c1-13(2)12-23-16(5)18(15(4)22-23)6-7-19(24)21-14(3)17-8-10-20-11-9-17/h8-11,13-14H,6-7,12H2,1-5H3,(H,21,24). The minimum absolute atomic E-state index is 0.00800. The molecule has 1 unspecified atom stereocenters. The molecule has 0 fully saturated rings. The molecular formula is C19H28N4O. The van der Waals surface area contributed by atoms with Gasteiger partial charge < -0.3 is 5.32 Å². The highest BCUT2D eigenvalue weighted by Gasteiger charge is 2.15. The number of carbonyl (C=O) groups excluding carboxylic acids is 1. The first-order chi connectivity index (χ1) is 11.4. The Morgan fingerprint density at radius 2 is 1.88 bits per heavy atom. The maximum Gasteiger partial charge on any atom is 0.220 e. The molecule has 2 aromatic heterocycles. The molecule has 0 aliphatic carbocycles. The molecule has 0 aliphatic heterocycles. The summed E-state index contributed by atoms with van der Waals surface area (Å²) >= 11 is 0. The molecule has 0 bridgehead atoms. The largest absolute Gasteiger partial charge is 0.350 e. The zero-order chi connectivity index (χ0) is 17.7. The number of hydrogen-bond donors (Lipinski definition) is 1. The second-order valence-corrected chi connectivity index (χ2v) is 6.80. The molecule has 0 spiro atoms. The van der Waals surface area contributed by atoms with Crippen LogP contribution in [0.5, 0.6) is 0 Å². The Morgan fingerprint density at radius 3 is 2.50 bits per heavy atom. The minimum atomic E-state index is -0.00800. The van der Waals surface area contributed by atoms with Crippen molar-refractivity contribution in [2.75, 3.05) is 0 Å². The molecule has 1 atom stereocenters. The summed E-state index contributed by atoms with van der Waals surface area (Å²) in [4.78, 5) is 16.3. The SMILES string of the molecule is Cc1nn(CC(C)C)c(C)c1CCC(=O)NC(C)c1ccncc1. The fourth-order valence-electron chi connectivity index (χ4n) is 2.91. The molecule has 1 N–H and O–H groups in total. The Labute approximate surface area is 144 Å². The average molecular weight is 328 g/mol. The van der Waals surface area contributed by atoms with Gasteiger partial charge in [0, 0.05) is 31.1 Å². The Balaban J connectivity index is 1.93. The van der Waals surface area contributed by atoms with Crippen molar-refractivity contribution in [2.24, 2.45) is 5.92 Å². The van der Waals surface area contributed by atoms with Gasteiger partial charge in [-0.1, -0.05) is 13.8 Å². The Morgan fingerprint density at radius 1 is 1.21 bits per heavy atom. The molecule has 2 rings (SSSR count). The zero-order valence-electron chi connectivity index (χ0n) is 15.3. The third-order valence-corrected chi connectivity index (χ3v) is 4.26. The number of carbonyl (C=O) groups is 1. The van der Waals surface area contributed by atoms with Crippen molar-refractivity contribution >= 4 is 5.91 Å². The molecule has 5 heteroatoms. The molecule has 0 aromatic carbocycles. The second kappa shape index (κ2) is 8.08. The molecule has 130 valence electrons. The number of hydrogen-bond acceptors (Lipinski definition) is 3. The molecule has 0 radical (unpaired) electrons. The van der Waals surface area contributed by atoms with Gasteiger partial charge in [0.25, 0.3) is 0 Å². The van der Waals surface area contributed by atoms with Crippen LogP contribution in [0.25, 0.3) is 0 Å². The van der Waals surface area contributed by atoms with Gasteiger partial charge in [-0.05, 0) is 56.4 Å². The number of pyridine rings is 1. The van der Waals surface area contributed by atoms with E-state index in [-0.39, 0.29) is 11.9 Å². The van der Waals surface area contributed by atoms with E-state index in [1.54, 1.807) is 12.4 Å². The number of amides is 1. The van der Waals surface area contributed by atoms with Crippen molar-refractivity contribution in [3.63, 3.8) is 0 Å². The van der Waals surface area contributed by atoms with Crippen LogP contribution in [-0.2, 0) is 17.8 Å². The number of nitrogens with zero attached hydrogens (tertiary/aromatic N) is 3. The van der Waals surface area contributed by atoms with Gasteiger partial charge in [-0.25, -0.2) is 0 Å². The summed E-state index contributed by atoms with van der Waals surface area (Å²) in [6.45, 7) is 11.4. The molecule has 0 saturated heterocycles. The van der Waals surface area contributed by atoms with E-state index in [9.17, 15) is 4.79 Å². The van der Waals surface area contributed by atoms with Crippen molar-refractivity contribution in [1.82, 2.24) is 20.1 Å². The van der Waals surface area contributed by atoms with Crippen LogP contribution in [0.15, 0.2) is 24.5 Å². The van der Waals surface area contributed by atoms with Crippen LogP contribution in [0.2, 0.25) is 0 Å². The van der Waals surface area contributed by atoms with E-state index in [2.05, 4.69) is 40.9 Å². The molecule has 0 saturated carbocycles. The first kappa shape index (κ1) is 18.2. The smallest absolute Gasteiger partial charge is 0.220 e.